The Kier molecular flexibility index (Phi) is 6.70. The highest BCUT2D eigenvalue weighted by atomic mass is 35.5. The standard InChI is InChI=1S/C20H24Cl2N4O3/c1-4-11(2)16(19(27)29-3)25-20(28)26-8-7-15-17(24-10-23-15)18(26)13-6-5-12(21)9-14(13)22/h5-6,9-11,16,18H,4,7-8H2,1-3H3,(H,23,24)(H,25,28)/t11-,16+,18-/m0/s1. The van der Waals surface area contributed by atoms with Crippen LogP contribution in [0.25, 0.3) is 0 Å². The second-order valence-corrected chi connectivity index (χ2v) is 7.96. The summed E-state index contributed by atoms with van der Waals surface area (Å²) < 4.78 is 4.89. The Morgan fingerprint density at radius 1 is 1.41 bits per heavy atom. The summed E-state index contributed by atoms with van der Waals surface area (Å²) in [6, 6.07) is 3.57. The topological polar surface area (TPSA) is 87.3 Å². The highest BCUT2D eigenvalue weighted by Crippen LogP contribution is 2.37. The molecule has 156 valence electrons. The van der Waals surface area contributed by atoms with Gasteiger partial charge in [0.05, 0.1) is 19.1 Å². The first-order valence-electron chi connectivity index (χ1n) is 9.49. The zero-order chi connectivity index (χ0) is 21.1. The maximum atomic E-state index is 13.2. The first-order valence-corrected chi connectivity index (χ1v) is 10.2. The van der Waals surface area contributed by atoms with Gasteiger partial charge in [-0.05, 0) is 23.6 Å². The van der Waals surface area contributed by atoms with E-state index in [1.165, 1.54) is 7.11 Å². The Hall–Kier alpha value is -2.25. The molecule has 2 amide bonds. The molecule has 0 radical (unpaired) electrons. The van der Waals surface area contributed by atoms with Crippen molar-refractivity contribution in [2.24, 2.45) is 5.92 Å². The van der Waals surface area contributed by atoms with Gasteiger partial charge in [0.15, 0.2) is 0 Å². The lowest BCUT2D eigenvalue weighted by Gasteiger charge is -2.37. The molecule has 0 unspecified atom stereocenters. The maximum Gasteiger partial charge on any atom is 0.328 e. The lowest BCUT2D eigenvalue weighted by atomic mass is 9.95. The summed E-state index contributed by atoms with van der Waals surface area (Å²) in [4.78, 5) is 34.7. The lowest BCUT2D eigenvalue weighted by Crippen LogP contribution is -2.53. The Bertz CT molecular complexity index is 902. The molecule has 7 nitrogen and oxygen atoms in total. The maximum absolute atomic E-state index is 13.2. The number of carbonyl (C=O) groups is 2. The number of aromatic nitrogens is 2. The van der Waals surface area contributed by atoms with Crippen LogP contribution in [0.2, 0.25) is 10.0 Å². The molecule has 0 bridgehead atoms. The molecule has 1 aliphatic heterocycles. The Morgan fingerprint density at radius 2 is 2.17 bits per heavy atom. The number of urea groups is 1. The monoisotopic (exact) mass is 438 g/mol. The van der Waals surface area contributed by atoms with Crippen LogP contribution >= 0.6 is 23.2 Å². The van der Waals surface area contributed by atoms with Crippen molar-refractivity contribution in [3.05, 3.63) is 51.5 Å². The van der Waals surface area contributed by atoms with Crippen molar-refractivity contribution in [1.82, 2.24) is 20.2 Å². The minimum Gasteiger partial charge on any atom is -0.467 e. The molecule has 0 spiro atoms. The number of nitrogens with one attached hydrogen (secondary N) is 2. The number of methoxy groups -OCH3 is 1. The number of esters is 1. The van der Waals surface area contributed by atoms with Crippen molar-refractivity contribution in [2.45, 2.75) is 38.8 Å². The van der Waals surface area contributed by atoms with Crippen LogP contribution in [0.4, 0.5) is 4.79 Å². The van der Waals surface area contributed by atoms with E-state index in [0.717, 1.165) is 23.4 Å². The highest BCUT2D eigenvalue weighted by Gasteiger charge is 2.37. The van der Waals surface area contributed by atoms with Crippen molar-refractivity contribution in [2.75, 3.05) is 13.7 Å². The Morgan fingerprint density at radius 3 is 2.83 bits per heavy atom. The lowest BCUT2D eigenvalue weighted by molar-refractivity contribution is -0.144. The van der Waals surface area contributed by atoms with Crippen molar-refractivity contribution in [3.63, 3.8) is 0 Å². The first kappa shape index (κ1) is 21.5. The average Bonchev–Trinajstić information content (AvgIpc) is 3.19. The number of fused-ring (bicyclic) bond motifs is 1. The third-order valence-corrected chi connectivity index (χ3v) is 5.95. The minimum absolute atomic E-state index is 0.0743. The fraction of sp³-hybridized carbons (Fsp3) is 0.450. The number of carbonyl (C=O) groups excluding carboxylic acids is 2. The molecule has 9 heteroatoms. The van der Waals surface area contributed by atoms with Crippen molar-refractivity contribution in [1.29, 1.82) is 0 Å². The number of nitrogens with zero attached hydrogens (tertiary/aromatic N) is 2. The van der Waals surface area contributed by atoms with Gasteiger partial charge < -0.3 is 19.9 Å². The smallest absolute Gasteiger partial charge is 0.328 e. The zero-order valence-corrected chi connectivity index (χ0v) is 18.0. The van der Waals surface area contributed by atoms with Crippen LogP contribution in [0.15, 0.2) is 24.5 Å². The number of ether oxygens (including phenoxy) is 1. The van der Waals surface area contributed by atoms with Gasteiger partial charge in [-0.1, -0.05) is 49.5 Å². The molecule has 1 aromatic heterocycles. The van der Waals surface area contributed by atoms with E-state index in [-0.39, 0.29) is 11.9 Å². The number of amides is 2. The van der Waals surface area contributed by atoms with Crippen LogP contribution in [0, 0.1) is 5.92 Å². The second-order valence-electron chi connectivity index (χ2n) is 7.11. The molecule has 0 saturated heterocycles. The van der Waals surface area contributed by atoms with Gasteiger partial charge in [-0.2, -0.15) is 0 Å². The van der Waals surface area contributed by atoms with Gasteiger partial charge in [-0.3, -0.25) is 0 Å². The number of hydrogen-bond donors (Lipinski definition) is 2. The number of rotatable bonds is 5. The molecular formula is C20H24Cl2N4O3. The number of benzene rings is 1. The molecule has 0 saturated carbocycles. The summed E-state index contributed by atoms with van der Waals surface area (Å²) in [5, 5.41) is 3.80. The summed E-state index contributed by atoms with van der Waals surface area (Å²) in [7, 11) is 1.32. The van der Waals surface area contributed by atoms with Crippen molar-refractivity contribution in [3.8, 4) is 0 Å². The van der Waals surface area contributed by atoms with Crippen molar-refractivity contribution >= 4 is 35.2 Å². The summed E-state index contributed by atoms with van der Waals surface area (Å²) in [6.07, 6.45) is 2.95. The normalized spacial score (nSPS) is 18.0. The van der Waals surface area contributed by atoms with E-state index >= 15 is 0 Å². The Balaban J connectivity index is 1.96. The summed E-state index contributed by atoms with van der Waals surface area (Å²) in [5.41, 5.74) is 2.41. The molecule has 0 fully saturated rings. The zero-order valence-electron chi connectivity index (χ0n) is 16.5. The fourth-order valence-corrected chi connectivity index (χ4v) is 4.06. The molecule has 0 aliphatic carbocycles. The van der Waals surface area contributed by atoms with Crippen LogP contribution in [0.1, 0.15) is 43.3 Å². The fourth-order valence-electron chi connectivity index (χ4n) is 3.55. The molecule has 1 aliphatic rings. The number of hydrogen-bond acceptors (Lipinski definition) is 4. The van der Waals surface area contributed by atoms with Crippen LogP contribution < -0.4 is 5.32 Å². The van der Waals surface area contributed by atoms with Gasteiger partial charge in [0.25, 0.3) is 0 Å². The molecule has 1 aromatic carbocycles. The van der Waals surface area contributed by atoms with Gasteiger partial charge in [-0.15, -0.1) is 0 Å². The predicted molar refractivity (Wildman–Crippen MR) is 111 cm³/mol. The van der Waals surface area contributed by atoms with E-state index in [9.17, 15) is 9.59 Å². The van der Waals surface area contributed by atoms with Crippen molar-refractivity contribution < 1.29 is 14.3 Å². The summed E-state index contributed by atoms with van der Waals surface area (Å²) >= 11 is 12.5. The molecule has 2 N–H and O–H groups in total. The molecule has 3 rings (SSSR count). The van der Waals surface area contributed by atoms with Crippen LogP contribution in [-0.2, 0) is 16.0 Å². The van der Waals surface area contributed by atoms with Gasteiger partial charge in [0.1, 0.15) is 12.1 Å². The molecular weight excluding hydrogens is 415 g/mol. The quantitative estimate of drug-likeness (QED) is 0.691. The van der Waals surface area contributed by atoms with Gasteiger partial charge in [-0.25, -0.2) is 14.6 Å². The Labute approximate surface area is 179 Å². The molecule has 29 heavy (non-hydrogen) atoms. The summed E-state index contributed by atoms with van der Waals surface area (Å²) in [6.45, 7) is 4.30. The van der Waals surface area contributed by atoms with E-state index in [1.807, 2.05) is 13.8 Å². The average molecular weight is 439 g/mol. The van der Waals surface area contributed by atoms with E-state index in [4.69, 9.17) is 27.9 Å². The van der Waals surface area contributed by atoms with E-state index in [1.54, 1.807) is 29.4 Å². The summed E-state index contributed by atoms with van der Waals surface area (Å²) in [5.74, 6) is -0.541. The highest BCUT2D eigenvalue weighted by molar-refractivity contribution is 6.35. The van der Waals surface area contributed by atoms with Crippen LogP contribution in [0.3, 0.4) is 0 Å². The number of imidazole rings is 1. The predicted octanol–water partition coefficient (Wildman–Crippen LogP) is 3.96. The second kappa shape index (κ2) is 9.05. The van der Waals surface area contributed by atoms with E-state index in [2.05, 4.69) is 15.3 Å². The van der Waals surface area contributed by atoms with Gasteiger partial charge in [0.2, 0.25) is 0 Å². The van der Waals surface area contributed by atoms with E-state index in [0.29, 0.717) is 23.0 Å². The molecule has 3 atom stereocenters. The van der Waals surface area contributed by atoms with Crippen LogP contribution in [-0.4, -0.2) is 46.6 Å². The molecule has 2 aromatic rings. The van der Waals surface area contributed by atoms with E-state index < -0.39 is 18.1 Å². The first-order chi connectivity index (χ1) is 13.9. The van der Waals surface area contributed by atoms with Gasteiger partial charge in [0, 0.05) is 28.7 Å². The number of aromatic amines is 1. The largest absolute Gasteiger partial charge is 0.467 e. The molecule has 2 heterocycles. The number of halogens is 2. The van der Waals surface area contributed by atoms with Gasteiger partial charge >= 0.3 is 12.0 Å². The minimum atomic E-state index is -0.737. The van der Waals surface area contributed by atoms with Crippen LogP contribution in [0.5, 0.6) is 0 Å². The third kappa shape index (κ3) is 4.36. The SMILES string of the molecule is CC[C@H](C)[C@@H](NC(=O)N1CCc2[nH]cnc2[C@@H]1c1ccc(Cl)cc1Cl)C(=O)OC. The third-order valence-electron chi connectivity index (χ3n) is 5.39. The number of H-pyrrole nitrogens is 1.